The van der Waals surface area contributed by atoms with Crippen LogP contribution in [0.25, 0.3) is 0 Å². The molecule has 0 aromatic heterocycles. The predicted octanol–water partition coefficient (Wildman–Crippen LogP) is -1.24. The Bertz CT molecular complexity index is 894. The fraction of sp³-hybridized carbons (Fsp3) is 0.542. The van der Waals surface area contributed by atoms with Gasteiger partial charge in [-0.05, 0) is 43.7 Å². The van der Waals surface area contributed by atoms with Gasteiger partial charge in [0.25, 0.3) is 0 Å². The number of nitrogens with two attached hydrogens (primary N) is 3. The summed E-state index contributed by atoms with van der Waals surface area (Å²) in [5, 5.41) is 16.7. The van der Waals surface area contributed by atoms with Crippen LogP contribution in [-0.2, 0) is 30.4 Å². The first kappa shape index (κ1) is 30.5. The van der Waals surface area contributed by atoms with Crippen molar-refractivity contribution in [3.63, 3.8) is 0 Å². The highest BCUT2D eigenvalue weighted by atomic mass is 16.4. The van der Waals surface area contributed by atoms with Gasteiger partial charge in [-0.1, -0.05) is 44.2 Å². The summed E-state index contributed by atoms with van der Waals surface area (Å²) >= 11 is 0. The minimum Gasteiger partial charge on any atom is -0.480 e. The molecule has 0 bridgehead atoms. The molecule has 0 aliphatic heterocycles. The molecule has 4 amide bonds. The van der Waals surface area contributed by atoms with Gasteiger partial charge < -0.3 is 38.3 Å². The number of amides is 4. The highest BCUT2D eigenvalue weighted by molar-refractivity contribution is 5.95. The van der Waals surface area contributed by atoms with E-state index in [0.29, 0.717) is 19.4 Å². The number of benzene rings is 1. The van der Waals surface area contributed by atoms with E-state index in [9.17, 15) is 29.1 Å². The number of carbonyl (C=O) groups excluding carboxylic acids is 4. The summed E-state index contributed by atoms with van der Waals surface area (Å²) in [6.07, 6.45) is 1.10. The van der Waals surface area contributed by atoms with E-state index in [2.05, 4.69) is 16.0 Å². The van der Waals surface area contributed by atoms with Crippen molar-refractivity contribution in [2.24, 2.45) is 23.1 Å². The average Bonchev–Trinajstić information content (AvgIpc) is 2.81. The topological polar surface area (TPSA) is 220 Å². The Morgan fingerprint density at radius 2 is 1.50 bits per heavy atom. The number of nitrogens with one attached hydrogen (secondary N) is 3. The second kappa shape index (κ2) is 15.5. The van der Waals surface area contributed by atoms with Crippen molar-refractivity contribution in [3.05, 3.63) is 35.9 Å². The maximum Gasteiger partial charge on any atom is 0.326 e. The standard InChI is InChI=1S/C24H38N6O6/c1-14(2)20(23(34)29-18(24(35)36)13-19(27)31)30-22(33)17(10-6-7-11-25)28-21(32)16(26)12-15-8-4-3-5-9-15/h3-5,8-9,14,16-18,20H,6-7,10-13,25-26H2,1-2H3,(H2,27,31)(H,28,32)(H,29,34)(H,30,33)(H,35,36). The largest absolute Gasteiger partial charge is 0.480 e. The quantitative estimate of drug-likeness (QED) is 0.134. The van der Waals surface area contributed by atoms with Gasteiger partial charge in [0.2, 0.25) is 23.6 Å². The van der Waals surface area contributed by atoms with Crippen LogP contribution >= 0.6 is 0 Å². The number of unbranched alkanes of at least 4 members (excludes halogenated alkanes) is 1. The zero-order valence-corrected chi connectivity index (χ0v) is 20.7. The third-order valence-corrected chi connectivity index (χ3v) is 5.48. The van der Waals surface area contributed by atoms with Crippen molar-refractivity contribution >= 4 is 29.6 Å². The predicted molar refractivity (Wildman–Crippen MR) is 133 cm³/mol. The van der Waals surface area contributed by atoms with Crippen LogP contribution in [-0.4, -0.2) is 65.4 Å². The normalized spacial score (nSPS) is 14.2. The third kappa shape index (κ3) is 10.8. The summed E-state index contributed by atoms with van der Waals surface area (Å²) in [5.74, 6) is -4.71. The molecule has 4 atom stereocenters. The van der Waals surface area contributed by atoms with E-state index in [0.717, 1.165) is 5.56 Å². The summed E-state index contributed by atoms with van der Waals surface area (Å²) in [6.45, 7) is 3.72. The van der Waals surface area contributed by atoms with Gasteiger partial charge in [0.05, 0.1) is 12.5 Å². The Kier molecular flexibility index (Phi) is 13.1. The number of aliphatic carboxylic acids is 1. The van der Waals surface area contributed by atoms with Crippen molar-refractivity contribution in [2.45, 2.75) is 70.1 Å². The smallest absolute Gasteiger partial charge is 0.326 e. The summed E-state index contributed by atoms with van der Waals surface area (Å²) < 4.78 is 0. The van der Waals surface area contributed by atoms with E-state index >= 15 is 0 Å². The number of carbonyl (C=O) groups is 5. The van der Waals surface area contributed by atoms with Crippen molar-refractivity contribution in [1.82, 2.24) is 16.0 Å². The van der Waals surface area contributed by atoms with Crippen LogP contribution in [0.5, 0.6) is 0 Å². The molecule has 12 nitrogen and oxygen atoms in total. The van der Waals surface area contributed by atoms with Gasteiger partial charge in [-0.25, -0.2) is 4.79 Å². The fourth-order valence-electron chi connectivity index (χ4n) is 3.45. The molecule has 1 aromatic carbocycles. The maximum absolute atomic E-state index is 13.1. The summed E-state index contributed by atoms with van der Waals surface area (Å²) in [5.41, 5.74) is 17.5. The minimum absolute atomic E-state index is 0.263. The molecule has 0 aliphatic rings. The number of hydrogen-bond acceptors (Lipinski definition) is 7. The molecule has 1 rings (SSSR count). The first-order valence-corrected chi connectivity index (χ1v) is 11.9. The molecule has 0 radical (unpaired) electrons. The molecule has 12 heteroatoms. The SMILES string of the molecule is CC(C)C(NC(=O)C(CCCCN)NC(=O)C(N)Cc1ccccc1)C(=O)NC(CC(N)=O)C(=O)O. The number of rotatable bonds is 16. The minimum atomic E-state index is -1.54. The molecule has 36 heavy (non-hydrogen) atoms. The summed E-state index contributed by atoms with van der Waals surface area (Å²) in [4.78, 5) is 61.1. The molecule has 0 spiro atoms. The number of hydrogen-bond donors (Lipinski definition) is 7. The van der Waals surface area contributed by atoms with Crippen molar-refractivity contribution < 1.29 is 29.1 Å². The highest BCUT2D eigenvalue weighted by Gasteiger charge is 2.32. The lowest BCUT2D eigenvalue weighted by atomic mass is 10.0. The van der Waals surface area contributed by atoms with E-state index in [4.69, 9.17) is 17.2 Å². The number of carboxylic acid groups (broad SMARTS) is 1. The molecule has 10 N–H and O–H groups in total. The Morgan fingerprint density at radius 3 is 2.03 bits per heavy atom. The van der Waals surface area contributed by atoms with Crippen LogP contribution in [0, 0.1) is 5.92 Å². The Hall–Kier alpha value is -3.51. The van der Waals surface area contributed by atoms with Crippen LogP contribution in [0.3, 0.4) is 0 Å². The number of carboxylic acids is 1. The third-order valence-electron chi connectivity index (χ3n) is 5.48. The van der Waals surface area contributed by atoms with Gasteiger partial charge in [0.15, 0.2) is 0 Å². The van der Waals surface area contributed by atoms with E-state index in [1.54, 1.807) is 13.8 Å². The van der Waals surface area contributed by atoms with Gasteiger partial charge in [0.1, 0.15) is 18.1 Å². The molecule has 200 valence electrons. The summed E-state index contributed by atoms with van der Waals surface area (Å²) in [7, 11) is 0. The summed E-state index contributed by atoms with van der Waals surface area (Å²) in [6, 6.07) is 4.65. The van der Waals surface area contributed by atoms with Crippen molar-refractivity contribution in [3.8, 4) is 0 Å². The lowest BCUT2D eigenvalue weighted by Gasteiger charge is -2.27. The zero-order chi connectivity index (χ0) is 27.3. The molecular weight excluding hydrogens is 468 g/mol. The van der Waals surface area contributed by atoms with Crippen LogP contribution < -0.4 is 33.2 Å². The molecule has 0 saturated carbocycles. The van der Waals surface area contributed by atoms with Gasteiger partial charge >= 0.3 is 5.97 Å². The Balaban J connectivity index is 2.93. The molecule has 1 aromatic rings. The van der Waals surface area contributed by atoms with Crippen molar-refractivity contribution in [2.75, 3.05) is 6.54 Å². The first-order valence-electron chi connectivity index (χ1n) is 11.9. The maximum atomic E-state index is 13.1. The molecule has 0 fully saturated rings. The second-order valence-electron chi connectivity index (χ2n) is 8.94. The zero-order valence-electron chi connectivity index (χ0n) is 20.7. The molecule has 0 aliphatic carbocycles. The van der Waals surface area contributed by atoms with Crippen LogP contribution in [0.4, 0.5) is 0 Å². The van der Waals surface area contributed by atoms with E-state index in [1.165, 1.54) is 0 Å². The van der Waals surface area contributed by atoms with Gasteiger partial charge in [0, 0.05) is 0 Å². The molecule has 0 saturated heterocycles. The van der Waals surface area contributed by atoms with Crippen LogP contribution in [0.15, 0.2) is 30.3 Å². The fourth-order valence-corrected chi connectivity index (χ4v) is 3.45. The average molecular weight is 507 g/mol. The van der Waals surface area contributed by atoms with Crippen LogP contribution in [0.1, 0.15) is 45.1 Å². The lowest BCUT2D eigenvalue weighted by molar-refractivity contribution is -0.144. The Labute approximate surface area is 210 Å². The second-order valence-corrected chi connectivity index (χ2v) is 8.94. The van der Waals surface area contributed by atoms with E-state index in [-0.39, 0.29) is 12.8 Å². The van der Waals surface area contributed by atoms with E-state index < -0.39 is 66.1 Å². The molecular formula is C24H38N6O6. The van der Waals surface area contributed by atoms with Gasteiger partial charge in [-0.3, -0.25) is 19.2 Å². The molecule has 0 heterocycles. The van der Waals surface area contributed by atoms with Gasteiger partial charge in [-0.15, -0.1) is 0 Å². The monoisotopic (exact) mass is 506 g/mol. The van der Waals surface area contributed by atoms with Gasteiger partial charge in [-0.2, -0.15) is 0 Å². The van der Waals surface area contributed by atoms with Crippen molar-refractivity contribution in [1.29, 1.82) is 0 Å². The lowest BCUT2D eigenvalue weighted by Crippen LogP contribution is -2.58. The van der Waals surface area contributed by atoms with Crippen LogP contribution in [0.2, 0.25) is 0 Å². The number of primary amides is 1. The van der Waals surface area contributed by atoms with E-state index in [1.807, 2.05) is 30.3 Å². The highest BCUT2D eigenvalue weighted by Crippen LogP contribution is 2.08. The Morgan fingerprint density at radius 1 is 0.889 bits per heavy atom. The molecule has 4 unspecified atom stereocenters. The first-order chi connectivity index (χ1) is 17.0.